The fourth-order valence-electron chi connectivity index (χ4n) is 4.50. The molecule has 1 amide bonds. The largest absolute Gasteiger partial charge is 0.368 e. The van der Waals surface area contributed by atoms with Crippen molar-refractivity contribution in [2.45, 2.75) is 32.6 Å². The number of amides is 1. The third-order valence-corrected chi connectivity index (χ3v) is 9.13. The highest BCUT2D eigenvalue weighted by Gasteiger charge is 2.31. The molecule has 0 saturated carbocycles. The summed E-state index contributed by atoms with van der Waals surface area (Å²) in [5.41, 5.74) is 5.63. The van der Waals surface area contributed by atoms with E-state index in [1.807, 2.05) is 6.92 Å². The highest BCUT2D eigenvalue weighted by Crippen LogP contribution is 2.31. The standard InChI is InChI=1S/C28H32ClN3O3S/c1-20-11-13-24(14-12-20)36(34,35)32(27-10-6-8-25(29)23(27)4)19-28(33)31-17-15-30(16-18-31)26-9-5-7-21(2)22(26)3/h5-14H,15-19H2,1-4H3. The van der Waals surface area contributed by atoms with E-state index in [9.17, 15) is 13.2 Å². The number of carbonyl (C=O) groups excluding carboxylic acids is 1. The molecule has 1 fully saturated rings. The molecule has 0 unspecified atom stereocenters. The Morgan fingerprint density at radius 3 is 2.17 bits per heavy atom. The average Bonchev–Trinajstić information content (AvgIpc) is 2.86. The number of carbonyl (C=O) groups is 1. The molecule has 1 heterocycles. The second-order valence-corrected chi connectivity index (χ2v) is 11.6. The molecule has 4 rings (SSSR count). The van der Waals surface area contributed by atoms with Crippen LogP contribution in [0.4, 0.5) is 11.4 Å². The zero-order valence-corrected chi connectivity index (χ0v) is 22.7. The summed E-state index contributed by atoms with van der Waals surface area (Å²) in [4.78, 5) is 17.6. The van der Waals surface area contributed by atoms with Gasteiger partial charge in [0.05, 0.1) is 10.6 Å². The molecule has 6 nitrogen and oxygen atoms in total. The Bertz CT molecular complexity index is 1370. The number of aryl methyl sites for hydroxylation is 2. The van der Waals surface area contributed by atoms with Gasteiger partial charge in [0, 0.05) is 36.9 Å². The minimum atomic E-state index is -3.99. The maximum atomic E-state index is 13.7. The van der Waals surface area contributed by atoms with Crippen molar-refractivity contribution >= 4 is 38.9 Å². The summed E-state index contributed by atoms with van der Waals surface area (Å²) < 4.78 is 28.7. The molecule has 190 valence electrons. The summed E-state index contributed by atoms with van der Waals surface area (Å²) in [5.74, 6) is -0.231. The number of benzene rings is 3. The third kappa shape index (κ3) is 5.22. The van der Waals surface area contributed by atoms with Gasteiger partial charge in [-0.2, -0.15) is 0 Å². The van der Waals surface area contributed by atoms with Crippen LogP contribution >= 0.6 is 11.6 Å². The first-order chi connectivity index (χ1) is 17.1. The van der Waals surface area contributed by atoms with E-state index >= 15 is 0 Å². The molecule has 0 bridgehead atoms. The lowest BCUT2D eigenvalue weighted by atomic mass is 10.1. The predicted molar refractivity (Wildman–Crippen MR) is 147 cm³/mol. The van der Waals surface area contributed by atoms with Gasteiger partial charge in [-0.05, 0) is 74.7 Å². The van der Waals surface area contributed by atoms with Gasteiger partial charge < -0.3 is 9.80 Å². The molecule has 0 aliphatic carbocycles. The number of nitrogens with zero attached hydrogens (tertiary/aromatic N) is 3. The van der Waals surface area contributed by atoms with Gasteiger partial charge >= 0.3 is 0 Å². The van der Waals surface area contributed by atoms with Crippen LogP contribution in [0, 0.1) is 27.7 Å². The molecule has 0 spiro atoms. The van der Waals surface area contributed by atoms with Crippen molar-refractivity contribution in [2.75, 3.05) is 41.9 Å². The molecule has 8 heteroatoms. The Morgan fingerprint density at radius 2 is 1.50 bits per heavy atom. The molecule has 3 aromatic rings. The number of hydrogen-bond acceptors (Lipinski definition) is 4. The molecule has 36 heavy (non-hydrogen) atoms. The van der Waals surface area contributed by atoms with E-state index < -0.39 is 10.0 Å². The summed E-state index contributed by atoms with van der Waals surface area (Å²) in [6, 6.07) is 18.0. The third-order valence-electron chi connectivity index (χ3n) is 6.94. The Morgan fingerprint density at radius 1 is 0.861 bits per heavy atom. The second kappa shape index (κ2) is 10.5. The fraction of sp³-hybridized carbons (Fsp3) is 0.321. The van der Waals surface area contributed by atoms with Crippen molar-refractivity contribution in [1.29, 1.82) is 0 Å². The number of hydrogen-bond donors (Lipinski definition) is 0. The SMILES string of the molecule is Cc1ccc(S(=O)(=O)N(CC(=O)N2CCN(c3cccc(C)c3C)CC2)c2cccc(Cl)c2C)cc1. The zero-order valence-electron chi connectivity index (χ0n) is 21.2. The van der Waals surface area contributed by atoms with Crippen molar-refractivity contribution in [3.8, 4) is 0 Å². The summed E-state index contributed by atoms with van der Waals surface area (Å²) >= 11 is 6.34. The van der Waals surface area contributed by atoms with Crippen LogP contribution in [0.25, 0.3) is 0 Å². The van der Waals surface area contributed by atoms with Crippen LogP contribution in [0.5, 0.6) is 0 Å². The first kappa shape index (κ1) is 26.0. The second-order valence-electron chi connectivity index (χ2n) is 9.30. The van der Waals surface area contributed by atoms with Gasteiger partial charge in [0.2, 0.25) is 5.91 Å². The lowest BCUT2D eigenvalue weighted by Gasteiger charge is -2.38. The van der Waals surface area contributed by atoms with Crippen molar-refractivity contribution in [3.63, 3.8) is 0 Å². The van der Waals surface area contributed by atoms with Gasteiger partial charge in [0.1, 0.15) is 6.54 Å². The van der Waals surface area contributed by atoms with Crippen molar-refractivity contribution in [3.05, 3.63) is 87.9 Å². The molecule has 0 atom stereocenters. The first-order valence-corrected chi connectivity index (χ1v) is 13.8. The summed E-state index contributed by atoms with van der Waals surface area (Å²) in [6.07, 6.45) is 0. The van der Waals surface area contributed by atoms with Gasteiger partial charge in [-0.3, -0.25) is 9.10 Å². The number of anilines is 2. The van der Waals surface area contributed by atoms with E-state index in [1.165, 1.54) is 21.1 Å². The Hall–Kier alpha value is -3.03. The average molecular weight is 526 g/mol. The van der Waals surface area contributed by atoms with E-state index in [1.54, 1.807) is 54.3 Å². The van der Waals surface area contributed by atoms with E-state index in [4.69, 9.17) is 11.6 Å². The highest BCUT2D eigenvalue weighted by atomic mass is 35.5. The van der Waals surface area contributed by atoms with Gasteiger partial charge in [0.15, 0.2) is 0 Å². The number of sulfonamides is 1. The number of piperazine rings is 1. The van der Waals surface area contributed by atoms with Crippen molar-refractivity contribution in [1.82, 2.24) is 4.90 Å². The topological polar surface area (TPSA) is 60.9 Å². The predicted octanol–water partition coefficient (Wildman–Crippen LogP) is 5.12. The Kier molecular flexibility index (Phi) is 7.62. The van der Waals surface area contributed by atoms with Crippen LogP contribution in [0.3, 0.4) is 0 Å². The van der Waals surface area contributed by atoms with Crippen LogP contribution < -0.4 is 9.21 Å². The lowest BCUT2D eigenvalue weighted by molar-refractivity contribution is -0.129. The van der Waals surface area contributed by atoms with E-state index in [-0.39, 0.29) is 17.3 Å². The van der Waals surface area contributed by atoms with Crippen LogP contribution in [-0.4, -0.2) is 51.9 Å². The molecule has 1 aliphatic rings. The molecule has 0 radical (unpaired) electrons. The maximum Gasteiger partial charge on any atom is 0.264 e. The molecule has 3 aromatic carbocycles. The van der Waals surface area contributed by atoms with Crippen LogP contribution in [0.15, 0.2) is 65.6 Å². The van der Waals surface area contributed by atoms with Crippen molar-refractivity contribution in [2.24, 2.45) is 0 Å². The van der Waals surface area contributed by atoms with Crippen molar-refractivity contribution < 1.29 is 13.2 Å². The molecule has 0 N–H and O–H groups in total. The summed E-state index contributed by atoms with van der Waals surface area (Å²) in [6.45, 7) is 10.0. The minimum absolute atomic E-state index is 0.139. The van der Waals surface area contributed by atoms with Crippen LogP contribution in [-0.2, 0) is 14.8 Å². The first-order valence-electron chi connectivity index (χ1n) is 12.0. The van der Waals surface area contributed by atoms with E-state index in [0.29, 0.717) is 42.5 Å². The monoisotopic (exact) mass is 525 g/mol. The molecular formula is C28H32ClN3O3S. The fourth-order valence-corrected chi connectivity index (χ4v) is 6.14. The zero-order chi connectivity index (χ0) is 26.0. The maximum absolute atomic E-state index is 13.7. The molecular weight excluding hydrogens is 494 g/mol. The Labute approximate surface area is 219 Å². The Balaban J connectivity index is 1.58. The van der Waals surface area contributed by atoms with Gasteiger partial charge in [0.25, 0.3) is 10.0 Å². The summed E-state index contributed by atoms with van der Waals surface area (Å²) in [5, 5.41) is 0.450. The summed E-state index contributed by atoms with van der Waals surface area (Å²) in [7, 11) is -3.99. The number of halogens is 1. The lowest BCUT2D eigenvalue weighted by Crippen LogP contribution is -2.52. The van der Waals surface area contributed by atoms with Crippen LogP contribution in [0.1, 0.15) is 22.3 Å². The van der Waals surface area contributed by atoms with E-state index in [2.05, 4.69) is 36.9 Å². The van der Waals surface area contributed by atoms with Gasteiger partial charge in [-0.1, -0.05) is 47.5 Å². The highest BCUT2D eigenvalue weighted by molar-refractivity contribution is 7.92. The van der Waals surface area contributed by atoms with E-state index in [0.717, 1.165) is 5.56 Å². The quantitative estimate of drug-likeness (QED) is 0.448. The van der Waals surface area contributed by atoms with Gasteiger partial charge in [-0.25, -0.2) is 8.42 Å². The normalized spacial score (nSPS) is 14.1. The van der Waals surface area contributed by atoms with Crippen LogP contribution in [0.2, 0.25) is 5.02 Å². The molecule has 0 aromatic heterocycles. The minimum Gasteiger partial charge on any atom is -0.368 e. The smallest absolute Gasteiger partial charge is 0.264 e. The number of rotatable bonds is 6. The van der Waals surface area contributed by atoms with Gasteiger partial charge in [-0.15, -0.1) is 0 Å². The molecule has 1 saturated heterocycles. The molecule has 1 aliphatic heterocycles.